The summed E-state index contributed by atoms with van der Waals surface area (Å²) in [6.45, 7) is 9.76. The lowest BCUT2D eigenvalue weighted by atomic mass is 10.0. The number of benzene rings is 1. The van der Waals surface area contributed by atoms with Crippen molar-refractivity contribution in [1.29, 1.82) is 0 Å². The lowest BCUT2D eigenvalue weighted by molar-refractivity contribution is 0.768. The molecule has 2 heteroatoms. The van der Waals surface area contributed by atoms with Crippen molar-refractivity contribution in [3.63, 3.8) is 0 Å². The Morgan fingerprint density at radius 3 is 2.53 bits per heavy atom. The Kier molecular flexibility index (Phi) is 3.25. The first-order valence-corrected chi connectivity index (χ1v) is 6.31. The average Bonchev–Trinajstić information content (AvgIpc) is 2.58. The minimum Gasteiger partial charge on any atom is -0.358 e. The van der Waals surface area contributed by atoms with E-state index in [0.717, 1.165) is 6.54 Å². The predicted molar refractivity (Wildman–Crippen MR) is 74.6 cm³/mol. The van der Waals surface area contributed by atoms with Gasteiger partial charge in [0.1, 0.15) is 0 Å². The summed E-state index contributed by atoms with van der Waals surface area (Å²) in [6, 6.07) is 4.53. The highest BCUT2D eigenvalue weighted by Crippen LogP contribution is 2.30. The lowest BCUT2D eigenvalue weighted by Gasteiger charge is -2.07. The van der Waals surface area contributed by atoms with E-state index in [4.69, 9.17) is 0 Å². The molecule has 0 aliphatic carbocycles. The molecule has 0 aliphatic rings. The molecule has 17 heavy (non-hydrogen) atoms. The summed E-state index contributed by atoms with van der Waals surface area (Å²) in [5, 5.41) is 4.65. The van der Waals surface area contributed by atoms with E-state index in [9.17, 15) is 0 Å². The number of aromatic nitrogens is 1. The Hall–Kier alpha value is -1.28. The molecule has 0 unspecified atom stereocenters. The summed E-state index contributed by atoms with van der Waals surface area (Å²) in [6.07, 6.45) is 0. The lowest BCUT2D eigenvalue weighted by Crippen LogP contribution is -2.07. The maximum Gasteiger partial charge on any atom is 0.0489 e. The van der Waals surface area contributed by atoms with Crippen molar-refractivity contribution in [1.82, 2.24) is 10.3 Å². The number of hydrogen-bond donors (Lipinski definition) is 2. The summed E-state index contributed by atoms with van der Waals surface area (Å²) in [4.78, 5) is 3.60. The molecule has 0 atom stereocenters. The number of nitrogens with one attached hydrogen (secondary N) is 2. The van der Waals surface area contributed by atoms with Crippen LogP contribution < -0.4 is 5.32 Å². The molecular weight excluding hydrogens is 208 g/mol. The summed E-state index contributed by atoms with van der Waals surface area (Å²) in [5.41, 5.74) is 6.75. The average molecular weight is 230 g/mol. The molecule has 0 amide bonds. The first kappa shape index (κ1) is 12.2. The third-order valence-electron chi connectivity index (χ3n) is 3.32. The Bertz CT molecular complexity index is 535. The van der Waals surface area contributed by atoms with E-state index in [2.05, 4.69) is 50.1 Å². The van der Waals surface area contributed by atoms with Gasteiger partial charge in [0.2, 0.25) is 0 Å². The predicted octanol–water partition coefficient (Wildman–Crippen LogP) is 3.63. The zero-order valence-electron chi connectivity index (χ0n) is 11.4. The fraction of sp³-hybridized carbons (Fsp3) is 0.467. The number of aromatic amines is 1. The van der Waals surface area contributed by atoms with Crippen molar-refractivity contribution in [3.8, 4) is 0 Å². The van der Waals surface area contributed by atoms with Crippen molar-refractivity contribution in [2.45, 2.75) is 40.2 Å². The SMILES string of the molecule is CNCc1c(C(C)C)[nH]c2c(C)cc(C)cc12. The van der Waals surface area contributed by atoms with E-state index >= 15 is 0 Å². The van der Waals surface area contributed by atoms with Crippen LogP contribution in [0.15, 0.2) is 12.1 Å². The van der Waals surface area contributed by atoms with E-state index in [1.54, 1.807) is 0 Å². The molecular formula is C15H22N2. The van der Waals surface area contributed by atoms with Gasteiger partial charge >= 0.3 is 0 Å². The van der Waals surface area contributed by atoms with E-state index < -0.39 is 0 Å². The largest absolute Gasteiger partial charge is 0.358 e. The van der Waals surface area contributed by atoms with Crippen LogP contribution in [0, 0.1) is 13.8 Å². The molecule has 2 aromatic rings. The monoisotopic (exact) mass is 230 g/mol. The third kappa shape index (κ3) is 2.09. The van der Waals surface area contributed by atoms with Crippen molar-refractivity contribution < 1.29 is 0 Å². The highest BCUT2D eigenvalue weighted by Gasteiger charge is 2.14. The second-order valence-electron chi connectivity index (χ2n) is 5.21. The highest BCUT2D eigenvalue weighted by molar-refractivity contribution is 5.88. The van der Waals surface area contributed by atoms with Crippen molar-refractivity contribution >= 4 is 10.9 Å². The zero-order chi connectivity index (χ0) is 12.6. The van der Waals surface area contributed by atoms with Crippen LogP contribution in [0.2, 0.25) is 0 Å². The fourth-order valence-corrected chi connectivity index (χ4v) is 2.59. The van der Waals surface area contributed by atoms with Gasteiger partial charge in [0, 0.05) is 23.1 Å². The van der Waals surface area contributed by atoms with Gasteiger partial charge in [-0.15, -0.1) is 0 Å². The Morgan fingerprint density at radius 1 is 1.24 bits per heavy atom. The normalized spacial score (nSPS) is 11.6. The van der Waals surface area contributed by atoms with Gasteiger partial charge < -0.3 is 10.3 Å². The minimum atomic E-state index is 0.533. The zero-order valence-corrected chi connectivity index (χ0v) is 11.4. The second-order valence-corrected chi connectivity index (χ2v) is 5.21. The van der Waals surface area contributed by atoms with Crippen LogP contribution in [0.4, 0.5) is 0 Å². The van der Waals surface area contributed by atoms with Gasteiger partial charge in [0.05, 0.1) is 0 Å². The number of hydrogen-bond acceptors (Lipinski definition) is 1. The summed E-state index contributed by atoms with van der Waals surface area (Å²) in [7, 11) is 2.01. The Balaban J connectivity index is 2.75. The molecule has 2 rings (SSSR count). The molecule has 2 N–H and O–H groups in total. The summed E-state index contributed by atoms with van der Waals surface area (Å²) >= 11 is 0. The molecule has 2 nitrogen and oxygen atoms in total. The molecule has 0 radical (unpaired) electrons. The summed E-state index contributed by atoms with van der Waals surface area (Å²) in [5.74, 6) is 0.533. The quantitative estimate of drug-likeness (QED) is 0.828. The van der Waals surface area contributed by atoms with Gasteiger partial charge in [-0.25, -0.2) is 0 Å². The molecule has 0 fully saturated rings. The molecule has 1 aromatic heterocycles. The molecule has 1 heterocycles. The Labute approximate surface area is 103 Å². The molecule has 0 spiro atoms. The van der Waals surface area contributed by atoms with Gasteiger partial charge in [-0.3, -0.25) is 0 Å². The summed E-state index contributed by atoms with van der Waals surface area (Å²) < 4.78 is 0. The van der Waals surface area contributed by atoms with E-state index in [1.165, 1.54) is 33.3 Å². The molecule has 0 aliphatic heterocycles. The minimum absolute atomic E-state index is 0.533. The molecule has 0 saturated carbocycles. The molecule has 0 saturated heterocycles. The standard InChI is InChI=1S/C15H22N2/c1-9(2)14-13(8-16-5)12-7-10(3)6-11(4)15(12)17-14/h6-7,9,16-17H,8H2,1-5H3. The smallest absolute Gasteiger partial charge is 0.0489 e. The first-order valence-electron chi connectivity index (χ1n) is 6.31. The van der Waals surface area contributed by atoms with Gasteiger partial charge in [-0.2, -0.15) is 0 Å². The van der Waals surface area contributed by atoms with Crippen LogP contribution in [-0.4, -0.2) is 12.0 Å². The molecule has 92 valence electrons. The maximum atomic E-state index is 3.60. The van der Waals surface area contributed by atoms with Crippen molar-refractivity contribution in [2.24, 2.45) is 0 Å². The third-order valence-corrected chi connectivity index (χ3v) is 3.32. The van der Waals surface area contributed by atoms with E-state index in [-0.39, 0.29) is 0 Å². The number of aryl methyl sites for hydroxylation is 2. The van der Waals surface area contributed by atoms with Gasteiger partial charge in [0.15, 0.2) is 0 Å². The number of rotatable bonds is 3. The van der Waals surface area contributed by atoms with Crippen LogP contribution in [0.1, 0.15) is 42.1 Å². The van der Waals surface area contributed by atoms with Crippen LogP contribution in [0.3, 0.4) is 0 Å². The topological polar surface area (TPSA) is 27.8 Å². The van der Waals surface area contributed by atoms with Crippen LogP contribution in [-0.2, 0) is 6.54 Å². The van der Waals surface area contributed by atoms with Crippen LogP contribution in [0.5, 0.6) is 0 Å². The number of fused-ring (bicyclic) bond motifs is 1. The van der Waals surface area contributed by atoms with Gasteiger partial charge in [-0.1, -0.05) is 25.5 Å². The Morgan fingerprint density at radius 2 is 1.94 bits per heavy atom. The van der Waals surface area contributed by atoms with Gasteiger partial charge in [-0.05, 0) is 44.0 Å². The first-order chi connectivity index (χ1) is 8.04. The maximum absolute atomic E-state index is 3.60. The second kappa shape index (κ2) is 4.53. The fourth-order valence-electron chi connectivity index (χ4n) is 2.59. The van der Waals surface area contributed by atoms with Crippen molar-refractivity contribution in [2.75, 3.05) is 7.05 Å². The molecule has 1 aromatic carbocycles. The van der Waals surface area contributed by atoms with E-state index in [0.29, 0.717) is 5.92 Å². The van der Waals surface area contributed by atoms with E-state index in [1.807, 2.05) is 7.05 Å². The van der Waals surface area contributed by atoms with Gasteiger partial charge in [0.25, 0.3) is 0 Å². The van der Waals surface area contributed by atoms with Crippen molar-refractivity contribution in [3.05, 3.63) is 34.5 Å². The van der Waals surface area contributed by atoms with Crippen LogP contribution in [0.25, 0.3) is 10.9 Å². The highest BCUT2D eigenvalue weighted by atomic mass is 14.8. The number of H-pyrrole nitrogens is 1. The molecule has 0 bridgehead atoms. The van der Waals surface area contributed by atoms with Crippen LogP contribution >= 0.6 is 0 Å².